The predicted molar refractivity (Wildman–Crippen MR) is 74.9 cm³/mol. The third-order valence-corrected chi connectivity index (χ3v) is 3.59. The second-order valence-electron chi connectivity index (χ2n) is 5.19. The van der Waals surface area contributed by atoms with Gasteiger partial charge in [-0.05, 0) is 43.7 Å². The molecule has 0 unspecified atom stereocenters. The number of nitrogens with one attached hydrogen (secondary N) is 1. The van der Waals surface area contributed by atoms with Gasteiger partial charge in [0.05, 0.1) is 0 Å². The van der Waals surface area contributed by atoms with Crippen molar-refractivity contribution in [1.82, 2.24) is 5.32 Å². The summed E-state index contributed by atoms with van der Waals surface area (Å²) in [5.41, 5.74) is 5.86. The maximum Gasteiger partial charge on any atom is 0.257 e. The second-order valence-corrected chi connectivity index (χ2v) is 5.19. The number of carbonyl (C=O) groups is 1. The first-order valence-electron chi connectivity index (χ1n) is 6.94. The third kappa shape index (κ3) is 4.91. The molecule has 0 spiro atoms. The fourth-order valence-electron chi connectivity index (χ4n) is 2.37. The van der Waals surface area contributed by atoms with Crippen LogP contribution in [0.5, 0.6) is 5.75 Å². The summed E-state index contributed by atoms with van der Waals surface area (Å²) in [7, 11) is 0. The van der Waals surface area contributed by atoms with Gasteiger partial charge in [-0.25, -0.2) is 0 Å². The smallest absolute Gasteiger partial charge is 0.257 e. The average molecular weight is 262 g/mol. The zero-order valence-electron chi connectivity index (χ0n) is 11.2. The van der Waals surface area contributed by atoms with Gasteiger partial charge in [-0.15, -0.1) is 0 Å². The number of ether oxygens (including phenoxy) is 1. The van der Waals surface area contributed by atoms with E-state index in [0.717, 1.165) is 38.0 Å². The average Bonchev–Trinajstić information content (AvgIpc) is 2.45. The van der Waals surface area contributed by atoms with Gasteiger partial charge in [0.15, 0.2) is 6.61 Å². The molecule has 3 N–H and O–H groups in total. The molecule has 19 heavy (non-hydrogen) atoms. The molecule has 4 heteroatoms. The maximum atomic E-state index is 11.7. The largest absolute Gasteiger partial charge is 0.484 e. The van der Waals surface area contributed by atoms with Crippen LogP contribution in [0, 0.1) is 5.92 Å². The number of nitrogens with two attached hydrogens (primary N) is 1. The molecule has 0 heterocycles. The molecule has 2 rings (SSSR count). The van der Waals surface area contributed by atoms with Crippen LogP contribution in [0.25, 0.3) is 0 Å². The van der Waals surface area contributed by atoms with Crippen LogP contribution >= 0.6 is 0 Å². The van der Waals surface area contributed by atoms with Gasteiger partial charge in [0.25, 0.3) is 5.91 Å². The Kier molecular flexibility index (Phi) is 5.21. The van der Waals surface area contributed by atoms with E-state index in [1.54, 1.807) is 0 Å². The van der Waals surface area contributed by atoms with Gasteiger partial charge >= 0.3 is 0 Å². The molecule has 0 saturated heterocycles. The summed E-state index contributed by atoms with van der Waals surface area (Å²) >= 11 is 0. The number of rotatable bonds is 5. The summed E-state index contributed by atoms with van der Waals surface area (Å²) in [6.45, 7) is 0.819. The summed E-state index contributed by atoms with van der Waals surface area (Å²) in [5, 5.41) is 2.93. The van der Waals surface area contributed by atoms with Gasteiger partial charge in [0.1, 0.15) is 5.75 Å². The fraction of sp³-hybridized carbons (Fsp3) is 0.533. The number of para-hydroxylation sites is 1. The second kappa shape index (κ2) is 7.14. The predicted octanol–water partition coefficient (Wildman–Crippen LogP) is 1.70. The fourth-order valence-corrected chi connectivity index (χ4v) is 2.37. The third-order valence-electron chi connectivity index (χ3n) is 3.59. The molecule has 1 saturated carbocycles. The lowest BCUT2D eigenvalue weighted by Gasteiger charge is -2.26. The summed E-state index contributed by atoms with van der Waals surface area (Å²) in [4.78, 5) is 11.7. The Labute approximate surface area is 114 Å². The molecule has 0 radical (unpaired) electrons. The zero-order chi connectivity index (χ0) is 13.5. The zero-order valence-corrected chi connectivity index (χ0v) is 11.2. The maximum absolute atomic E-state index is 11.7. The molecule has 1 fully saturated rings. The van der Waals surface area contributed by atoms with Gasteiger partial charge in [-0.1, -0.05) is 18.2 Å². The van der Waals surface area contributed by atoms with Crippen LogP contribution in [0.3, 0.4) is 0 Å². The van der Waals surface area contributed by atoms with E-state index in [9.17, 15) is 4.79 Å². The van der Waals surface area contributed by atoms with Gasteiger partial charge < -0.3 is 15.8 Å². The van der Waals surface area contributed by atoms with E-state index in [1.807, 2.05) is 30.3 Å². The van der Waals surface area contributed by atoms with Crippen LogP contribution < -0.4 is 15.8 Å². The van der Waals surface area contributed by atoms with E-state index < -0.39 is 0 Å². The number of hydrogen-bond donors (Lipinski definition) is 2. The van der Waals surface area contributed by atoms with Crippen molar-refractivity contribution in [2.45, 2.75) is 31.7 Å². The highest BCUT2D eigenvalue weighted by atomic mass is 16.5. The van der Waals surface area contributed by atoms with Gasteiger partial charge in [-0.2, -0.15) is 0 Å². The van der Waals surface area contributed by atoms with Gasteiger partial charge in [-0.3, -0.25) is 4.79 Å². The Hall–Kier alpha value is -1.55. The van der Waals surface area contributed by atoms with E-state index in [1.165, 1.54) is 0 Å². The van der Waals surface area contributed by atoms with E-state index in [2.05, 4.69) is 5.32 Å². The van der Waals surface area contributed by atoms with E-state index in [0.29, 0.717) is 12.0 Å². The summed E-state index contributed by atoms with van der Waals surface area (Å²) in [6.07, 6.45) is 4.37. The Bertz CT molecular complexity index is 386. The molecule has 0 aromatic heterocycles. The standard InChI is InChI=1S/C15H22N2O2/c16-13-8-6-12(7-9-13)10-17-15(18)11-19-14-4-2-1-3-5-14/h1-5,12-13H,6-11,16H2,(H,17,18). The number of benzene rings is 1. The van der Waals surface area contributed by atoms with E-state index in [-0.39, 0.29) is 12.5 Å². The van der Waals surface area contributed by atoms with Crippen LogP contribution in [-0.2, 0) is 4.79 Å². The first-order chi connectivity index (χ1) is 9.24. The van der Waals surface area contributed by atoms with Crippen LogP contribution in [-0.4, -0.2) is 25.1 Å². The minimum absolute atomic E-state index is 0.0567. The van der Waals surface area contributed by atoms with Crippen molar-refractivity contribution < 1.29 is 9.53 Å². The topological polar surface area (TPSA) is 64.3 Å². The van der Waals surface area contributed by atoms with Crippen LogP contribution in [0.4, 0.5) is 0 Å². The number of carbonyl (C=O) groups excluding carboxylic acids is 1. The van der Waals surface area contributed by atoms with Crippen molar-refractivity contribution >= 4 is 5.91 Å². The van der Waals surface area contributed by atoms with Crippen molar-refractivity contribution in [2.24, 2.45) is 11.7 Å². The van der Waals surface area contributed by atoms with Crippen LogP contribution in [0.1, 0.15) is 25.7 Å². The van der Waals surface area contributed by atoms with Crippen molar-refractivity contribution in [1.29, 1.82) is 0 Å². The first kappa shape index (κ1) is 13.9. The van der Waals surface area contributed by atoms with Crippen molar-refractivity contribution in [2.75, 3.05) is 13.2 Å². The molecule has 0 atom stereocenters. The van der Waals surface area contributed by atoms with Crippen LogP contribution in [0.2, 0.25) is 0 Å². The van der Waals surface area contributed by atoms with Crippen molar-refractivity contribution in [3.05, 3.63) is 30.3 Å². The quantitative estimate of drug-likeness (QED) is 0.849. The van der Waals surface area contributed by atoms with E-state index >= 15 is 0 Å². The molecule has 4 nitrogen and oxygen atoms in total. The Morgan fingerprint density at radius 1 is 1.21 bits per heavy atom. The molecule has 1 aliphatic carbocycles. The molecule has 1 aromatic carbocycles. The first-order valence-corrected chi connectivity index (χ1v) is 6.94. The molecular weight excluding hydrogens is 240 g/mol. The molecule has 0 aliphatic heterocycles. The van der Waals surface area contributed by atoms with Crippen molar-refractivity contribution in [3.8, 4) is 5.75 Å². The Balaban J connectivity index is 1.62. The highest BCUT2D eigenvalue weighted by Crippen LogP contribution is 2.22. The Morgan fingerprint density at radius 2 is 1.89 bits per heavy atom. The molecule has 1 amide bonds. The van der Waals surface area contributed by atoms with E-state index in [4.69, 9.17) is 10.5 Å². The summed E-state index contributed by atoms with van der Waals surface area (Å²) in [5.74, 6) is 1.24. The summed E-state index contributed by atoms with van der Waals surface area (Å²) in [6, 6.07) is 9.73. The Morgan fingerprint density at radius 3 is 2.58 bits per heavy atom. The lowest BCUT2D eigenvalue weighted by molar-refractivity contribution is -0.123. The highest BCUT2D eigenvalue weighted by molar-refractivity contribution is 5.77. The SMILES string of the molecule is NC1CCC(CNC(=O)COc2ccccc2)CC1. The lowest BCUT2D eigenvalue weighted by Crippen LogP contribution is -2.36. The molecule has 0 bridgehead atoms. The van der Waals surface area contributed by atoms with Crippen molar-refractivity contribution in [3.63, 3.8) is 0 Å². The molecule has 1 aromatic rings. The highest BCUT2D eigenvalue weighted by Gasteiger charge is 2.18. The lowest BCUT2D eigenvalue weighted by atomic mass is 9.86. The summed E-state index contributed by atoms with van der Waals surface area (Å²) < 4.78 is 5.39. The van der Waals surface area contributed by atoms with Gasteiger partial charge in [0.2, 0.25) is 0 Å². The minimum atomic E-state index is -0.0567. The van der Waals surface area contributed by atoms with Gasteiger partial charge in [0, 0.05) is 12.6 Å². The number of hydrogen-bond acceptors (Lipinski definition) is 3. The normalized spacial score (nSPS) is 22.8. The molecule has 1 aliphatic rings. The molecule has 104 valence electrons. The molecular formula is C15H22N2O2. The van der Waals surface area contributed by atoms with Crippen LogP contribution in [0.15, 0.2) is 30.3 Å². The monoisotopic (exact) mass is 262 g/mol. The number of amides is 1. The minimum Gasteiger partial charge on any atom is -0.484 e.